The lowest BCUT2D eigenvalue weighted by molar-refractivity contribution is 0.286. The lowest BCUT2D eigenvalue weighted by atomic mass is 10.2. The van der Waals surface area contributed by atoms with Crippen molar-refractivity contribution in [3.05, 3.63) is 52.9 Å². The number of aromatic nitrogens is 2. The number of aryl methyl sites for hydroxylation is 2. The Bertz CT molecular complexity index is 851. The molecule has 3 aromatic rings. The molecule has 0 saturated heterocycles. The first kappa shape index (κ1) is 14.2. The summed E-state index contributed by atoms with van der Waals surface area (Å²) >= 11 is 0. The smallest absolute Gasteiger partial charge is 0.336 e. The largest absolute Gasteiger partial charge is 0.504 e. The normalized spacial score (nSPS) is 11.0. The number of phenolic OH excluding ortho intramolecular Hbond substituents is 1. The van der Waals surface area contributed by atoms with Gasteiger partial charge in [0.15, 0.2) is 11.5 Å². The molecule has 0 atom stereocenters. The van der Waals surface area contributed by atoms with Crippen LogP contribution in [0.4, 0.5) is 0 Å². The number of nitrogens with zero attached hydrogens (tertiary/aromatic N) is 2. The van der Waals surface area contributed by atoms with Crippen LogP contribution in [0, 0.1) is 6.92 Å². The van der Waals surface area contributed by atoms with E-state index in [-0.39, 0.29) is 5.75 Å². The van der Waals surface area contributed by atoms with Crippen LogP contribution in [0.1, 0.15) is 12.2 Å². The van der Waals surface area contributed by atoms with Crippen LogP contribution < -0.4 is 10.4 Å². The van der Waals surface area contributed by atoms with Gasteiger partial charge in [0.1, 0.15) is 11.4 Å². The molecule has 1 aromatic carbocycles. The Labute approximate surface area is 126 Å². The average Bonchev–Trinajstić information content (AvgIpc) is 2.90. The highest BCUT2D eigenvalue weighted by molar-refractivity contribution is 5.80. The molecule has 114 valence electrons. The molecular weight excluding hydrogens is 284 g/mol. The Morgan fingerprint density at radius 1 is 1.36 bits per heavy atom. The van der Waals surface area contributed by atoms with Gasteiger partial charge in [-0.05, 0) is 25.5 Å². The third kappa shape index (κ3) is 2.95. The van der Waals surface area contributed by atoms with E-state index in [4.69, 9.17) is 9.15 Å². The van der Waals surface area contributed by atoms with E-state index >= 15 is 0 Å². The van der Waals surface area contributed by atoms with Gasteiger partial charge in [-0.1, -0.05) is 0 Å². The summed E-state index contributed by atoms with van der Waals surface area (Å²) in [5.74, 6) is 1.29. The minimum absolute atomic E-state index is 0.0279. The molecule has 0 spiro atoms. The maximum absolute atomic E-state index is 11.2. The molecule has 3 rings (SSSR count). The number of ether oxygens (including phenoxy) is 1. The van der Waals surface area contributed by atoms with Crippen molar-refractivity contribution in [2.45, 2.75) is 19.9 Å². The summed E-state index contributed by atoms with van der Waals surface area (Å²) in [6, 6.07) is 5.98. The molecule has 0 aliphatic carbocycles. The van der Waals surface area contributed by atoms with E-state index in [1.54, 1.807) is 12.3 Å². The molecule has 6 heteroatoms. The van der Waals surface area contributed by atoms with Gasteiger partial charge in [-0.3, -0.25) is 0 Å². The second-order valence-corrected chi connectivity index (χ2v) is 4.98. The van der Waals surface area contributed by atoms with Gasteiger partial charge in [-0.15, -0.1) is 0 Å². The number of phenols is 1. The molecule has 0 bridgehead atoms. The summed E-state index contributed by atoms with van der Waals surface area (Å²) in [4.78, 5) is 15.4. The van der Waals surface area contributed by atoms with Crippen LogP contribution in [-0.2, 0) is 6.54 Å². The van der Waals surface area contributed by atoms with Crippen molar-refractivity contribution in [1.29, 1.82) is 0 Å². The lowest BCUT2D eigenvalue weighted by Crippen LogP contribution is -2.05. The van der Waals surface area contributed by atoms with Crippen molar-refractivity contribution in [2.75, 3.05) is 6.61 Å². The predicted octanol–water partition coefficient (Wildman–Crippen LogP) is 2.47. The van der Waals surface area contributed by atoms with Crippen LogP contribution in [0.5, 0.6) is 11.5 Å². The zero-order valence-corrected chi connectivity index (χ0v) is 12.2. The van der Waals surface area contributed by atoms with Crippen molar-refractivity contribution in [3.63, 3.8) is 0 Å². The number of hydrogen-bond acceptors (Lipinski definition) is 5. The lowest BCUT2D eigenvalue weighted by Gasteiger charge is -2.09. The summed E-state index contributed by atoms with van der Waals surface area (Å²) in [5, 5.41) is 10.6. The predicted molar refractivity (Wildman–Crippen MR) is 81.2 cm³/mol. The highest BCUT2D eigenvalue weighted by Gasteiger charge is 2.07. The monoisotopic (exact) mass is 300 g/mol. The quantitative estimate of drug-likeness (QED) is 0.578. The first-order valence-electron chi connectivity index (χ1n) is 7.01. The van der Waals surface area contributed by atoms with Crippen molar-refractivity contribution >= 4 is 11.0 Å². The molecule has 0 unspecified atom stereocenters. The van der Waals surface area contributed by atoms with Crippen molar-refractivity contribution in [2.24, 2.45) is 0 Å². The Morgan fingerprint density at radius 2 is 2.23 bits per heavy atom. The SMILES string of the molecule is Cc1nccn1CCCOc1cc2oc(=O)ccc2cc1O. The van der Waals surface area contributed by atoms with Crippen LogP contribution in [-0.4, -0.2) is 21.3 Å². The second kappa shape index (κ2) is 5.93. The Morgan fingerprint density at radius 3 is 3.00 bits per heavy atom. The Balaban J connectivity index is 1.67. The number of benzene rings is 1. The van der Waals surface area contributed by atoms with E-state index in [0.717, 1.165) is 18.8 Å². The fourth-order valence-electron chi connectivity index (χ4n) is 2.26. The van der Waals surface area contributed by atoms with Gasteiger partial charge >= 0.3 is 5.63 Å². The van der Waals surface area contributed by atoms with Gasteiger partial charge < -0.3 is 18.8 Å². The molecule has 0 fully saturated rings. The number of hydrogen-bond donors (Lipinski definition) is 1. The van der Waals surface area contributed by atoms with Crippen LogP contribution in [0.2, 0.25) is 0 Å². The number of imidazole rings is 1. The van der Waals surface area contributed by atoms with Gasteiger partial charge in [0.25, 0.3) is 0 Å². The Kier molecular flexibility index (Phi) is 3.82. The molecule has 2 aromatic heterocycles. The van der Waals surface area contributed by atoms with Crippen LogP contribution in [0.3, 0.4) is 0 Å². The summed E-state index contributed by atoms with van der Waals surface area (Å²) in [7, 11) is 0. The van der Waals surface area contributed by atoms with Gasteiger partial charge in [0.2, 0.25) is 0 Å². The standard InChI is InChI=1S/C16H16N2O4/c1-11-17-5-7-18(11)6-2-8-21-15-10-14-12(9-13(15)19)3-4-16(20)22-14/h3-5,7,9-10,19H,2,6,8H2,1H3. The molecule has 0 radical (unpaired) electrons. The fourth-order valence-corrected chi connectivity index (χ4v) is 2.26. The summed E-state index contributed by atoms with van der Waals surface area (Å²) in [5.41, 5.74) is -0.0366. The van der Waals surface area contributed by atoms with E-state index in [0.29, 0.717) is 23.3 Å². The molecule has 1 N–H and O–H groups in total. The van der Waals surface area contributed by atoms with Crippen LogP contribution in [0.25, 0.3) is 11.0 Å². The first-order chi connectivity index (χ1) is 10.6. The van der Waals surface area contributed by atoms with E-state index < -0.39 is 5.63 Å². The van der Waals surface area contributed by atoms with Gasteiger partial charge in [-0.25, -0.2) is 9.78 Å². The molecule has 0 amide bonds. The second-order valence-electron chi connectivity index (χ2n) is 4.98. The van der Waals surface area contributed by atoms with E-state index in [1.807, 2.05) is 17.7 Å². The van der Waals surface area contributed by atoms with Gasteiger partial charge in [0, 0.05) is 36.5 Å². The van der Waals surface area contributed by atoms with E-state index in [9.17, 15) is 9.90 Å². The van der Waals surface area contributed by atoms with Crippen LogP contribution >= 0.6 is 0 Å². The topological polar surface area (TPSA) is 77.5 Å². The molecule has 0 aliphatic rings. The number of rotatable bonds is 5. The zero-order chi connectivity index (χ0) is 15.5. The number of fused-ring (bicyclic) bond motifs is 1. The zero-order valence-electron chi connectivity index (χ0n) is 12.2. The average molecular weight is 300 g/mol. The van der Waals surface area contributed by atoms with Crippen LogP contribution in [0.15, 0.2) is 45.9 Å². The van der Waals surface area contributed by atoms with Crippen molar-refractivity contribution < 1.29 is 14.3 Å². The maximum Gasteiger partial charge on any atom is 0.336 e. The highest BCUT2D eigenvalue weighted by Crippen LogP contribution is 2.30. The third-order valence-electron chi connectivity index (χ3n) is 3.43. The summed E-state index contributed by atoms with van der Waals surface area (Å²) in [6.45, 7) is 3.17. The molecule has 6 nitrogen and oxygen atoms in total. The first-order valence-corrected chi connectivity index (χ1v) is 7.01. The fraction of sp³-hybridized carbons (Fsp3) is 0.250. The Hall–Kier alpha value is -2.76. The third-order valence-corrected chi connectivity index (χ3v) is 3.43. The minimum atomic E-state index is -0.431. The highest BCUT2D eigenvalue weighted by atomic mass is 16.5. The van der Waals surface area contributed by atoms with Crippen molar-refractivity contribution in [3.8, 4) is 11.5 Å². The van der Waals surface area contributed by atoms with Crippen molar-refractivity contribution in [1.82, 2.24) is 9.55 Å². The maximum atomic E-state index is 11.2. The molecule has 22 heavy (non-hydrogen) atoms. The summed E-state index contributed by atoms with van der Waals surface area (Å²) in [6.07, 6.45) is 4.44. The molecule has 2 heterocycles. The van der Waals surface area contributed by atoms with Gasteiger partial charge in [-0.2, -0.15) is 0 Å². The summed E-state index contributed by atoms with van der Waals surface area (Å²) < 4.78 is 12.7. The molecule has 0 saturated carbocycles. The molecule has 0 aliphatic heterocycles. The molecular formula is C16H16N2O4. The van der Waals surface area contributed by atoms with E-state index in [2.05, 4.69) is 4.98 Å². The minimum Gasteiger partial charge on any atom is -0.504 e. The van der Waals surface area contributed by atoms with E-state index in [1.165, 1.54) is 18.2 Å². The number of aromatic hydroxyl groups is 1. The van der Waals surface area contributed by atoms with Gasteiger partial charge in [0.05, 0.1) is 6.61 Å².